The van der Waals surface area contributed by atoms with Gasteiger partial charge in [-0.1, -0.05) is 6.07 Å². The van der Waals surface area contributed by atoms with Gasteiger partial charge in [-0.25, -0.2) is 0 Å². The number of nitrogens with one attached hydrogen (secondary N) is 2. The van der Waals surface area contributed by atoms with Crippen LogP contribution in [0.1, 0.15) is 36.0 Å². The SMILES string of the molecule is Cl.Cl.O=C(NC1CCCN1C(=O)C1CCN(c2ccncc2)CC1)c1ccc2cc[nH]c2c1. The van der Waals surface area contributed by atoms with Gasteiger partial charge in [0.1, 0.15) is 6.17 Å². The third-order valence-corrected chi connectivity index (χ3v) is 6.52. The van der Waals surface area contributed by atoms with Crippen LogP contribution in [0.25, 0.3) is 10.9 Å². The number of fused-ring (bicyclic) bond motifs is 1. The molecule has 9 heteroatoms. The minimum atomic E-state index is -0.224. The summed E-state index contributed by atoms with van der Waals surface area (Å²) in [4.78, 5) is 37.5. The molecule has 5 rings (SSSR count). The fraction of sp³-hybridized carbons (Fsp3) is 0.375. The number of hydrogen-bond acceptors (Lipinski definition) is 4. The fourth-order valence-electron chi connectivity index (χ4n) is 4.78. The maximum atomic E-state index is 13.3. The standard InChI is InChI=1S/C24H27N5O2.2ClH/c30-23(19-4-3-17-5-12-26-21(17)16-19)27-22-2-1-13-29(22)24(31)18-8-14-28(15-9-18)20-6-10-25-11-7-20;;/h3-7,10-12,16,18,22,26H,1-2,8-9,13-15H2,(H,27,30);2*1H. The highest BCUT2D eigenvalue weighted by Crippen LogP contribution is 2.27. The predicted molar refractivity (Wildman–Crippen MR) is 134 cm³/mol. The van der Waals surface area contributed by atoms with Crippen LogP contribution in [0, 0.1) is 5.92 Å². The Labute approximate surface area is 205 Å². The second-order valence-electron chi connectivity index (χ2n) is 8.41. The maximum absolute atomic E-state index is 13.3. The van der Waals surface area contributed by atoms with Gasteiger partial charge in [0.2, 0.25) is 5.91 Å². The lowest BCUT2D eigenvalue weighted by molar-refractivity contribution is -0.137. The molecule has 1 atom stereocenters. The number of aromatic amines is 1. The summed E-state index contributed by atoms with van der Waals surface area (Å²) in [5.41, 5.74) is 2.71. The molecule has 2 aliphatic rings. The molecule has 33 heavy (non-hydrogen) atoms. The van der Waals surface area contributed by atoms with Crippen LogP contribution in [-0.2, 0) is 4.79 Å². The van der Waals surface area contributed by atoms with Crippen LogP contribution >= 0.6 is 24.8 Å². The van der Waals surface area contributed by atoms with Crippen molar-refractivity contribution in [2.24, 2.45) is 5.92 Å². The van der Waals surface area contributed by atoms with Crippen LogP contribution in [0.2, 0.25) is 0 Å². The minimum Gasteiger partial charge on any atom is -0.371 e. The Bertz CT molecular complexity index is 1080. The van der Waals surface area contributed by atoms with Crippen LogP contribution in [0.4, 0.5) is 5.69 Å². The van der Waals surface area contributed by atoms with Gasteiger partial charge in [0.05, 0.1) is 0 Å². The first kappa shape index (κ1) is 24.9. The predicted octanol–water partition coefficient (Wildman–Crippen LogP) is 4.00. The number of carbonyl (C=O) groups excluding carboxylic acids is 2. The molecule has 2 aromatic heterocycles. The molecule has 2 amide bonds. The molecule has 0 spiro atoms. The molecular weight excluding hydrogens is 461 g/mol. The number of halogens is 2. The van der Waals surface area contributed by atoms with E-state index < -0.39 is 0 Å². The summed E-state index contributed by atoms with van der Waals surface area (Å²) in [5.74, 6) is 0.0663. The van der Waals surface area contributed by atoms with Gasteiger partial charge < -0.3 is 20.1 Å². The first-order valence-electron chi connectivity index (χ1n) is 11.0. The number of benzene rings is 1. The lowest BCUT2D eigenvalue weighted by Crippen LogP contribution is -2.50. The molecule has 0 saturated carbocycles. The van der Waals surface area contributed by atoms with E-state index in [0.29, 0.717) is 12.1 Å². The lowest BCUT2D eigenvalue weighted by Gasteiger charge is -2.36. The minimum absolute atomic E-state index is 0. The Kier molecular flexibility index (Phi) is 8.21. The molecule has 0 radical (unpaired) electrons. The van der Waals surface area contributed by atoms with Crippen LogP contribution in [0.15, 0.2) is 55.0 Å². The Morgan fingerprint density at radius 1 is 0.970 bits per heavy atom. The quantitative estimate of drug-likeness (QED) is 0.580. The van der Waals surface area contributed by atoms with Crippen molar-refractivity contribution in [1.82, 2.24) is 20.2 Å². The first-order chi connectivity index (χ1) is 15.2. The molecule has 0 bridgehead atoms. The van der Waals surface area contributed by atoms with Gasteiger partial charge in [0, 0.05) is 60.9 Å². The number of nitrogens with zero attached hydrogens (tertiary/aromatic N) is 3. The highest BCUT2D eigenvalue weighted by Gasteiger charge is 2.35. The van der Waals surface area contributed by atoms with E-state index in [-0.39, 0.29) is 48.7 Å². The molecule has 0 aliphatic carbocycles. The molecular formula is C24H29Cl2N5O2. The van der Waals surface area contributed by atoms with Gasteiger partial charge in [-0.2, -0.15) is 0 Å². The highest BCUT2D eigenvalue weighted by atomic mass is 35.5. The molecule has 3 aromatic rings. The average molecular weight is 490 g/mol. The number of hydrogen-bond donors (Lipinski definition) is 2. The zero-order valence-electron chi connectivity index (χ0n) is 18.3. The van der Waals surface area contributed by atoms with Crippen LogP contribution in [-0.4, -0.2) is 52.5 Å². The first-order valence-corrected chi connectivity index (χ1v) is 11.0. The molecule has 176 valence electrons. The van der Waals surface area contributed by atoms with E-state index in [4.69, 9.17) is 0 Å². The number of carbonyl (C=O) groups is 2. The van der Waals surface area contributed by atoms with Crippen LogP contribution < -0.4 is 10.2 Å². The monoisotopic (exact) mass is 489 g/mol. The number of pyridine rings is 1. The van der Waals surface area contributed by atoms with Crippen molar-refractivity contribution in [2.45, 2.75) is 31.8 Å². The summed E-state index contributed by atoms with van der Waals surface area (Å²) in [7, 11) is 0. The second-order valence-corrected chi connectivity index (χ2v) is 8.41. The number of aromatic nitrogens is 2. The third kappa shape index (κ3) is 5.25. The Balaban J connectivity index is 0.00000153. The summed E-state index contributed by atoms with van der Waals surface area (Å²) in [5, 5.41) is 4.17. The maximum Gasteiger partial charge on any atom is 0.252 e. The number of piperidine rings is 1. The van der Waals surface area contributed by atoms with E-state index in [1.54, 1.807) is 12.4 Å². The fourth-order valence-corrected chi connectivity index (χ4v) is 4.78. The van der Waals surface area contributed by atoms with Gasteiger partial charge in [-0.15, -0.1) is 24.8 Å². The Morgan fingerprint density at radius 3 is 2.48 bits per heavy atom. The normalized spacial score (nSPS) is 18.5. The molecule has 1 aromatic carbocycles. The van der Waals surface area contributed by atoms with Crippen molar-refractivity contribution in [1.29, 1.82) is 0 Å². The van der Waals surface area contributed by atoms with E-state index in [9.17, 15) is 9.59 Å². The Morgan fingerprint density at radius 2 is 1.73 bits per heavy atom. The lowest BCUT2D eigenvalue weighted by atomic mass is 9.95. The van der Waals surface area contributed by atoms with E-state index in [2.05, 4.69) is 20.2 Å². The highest BCUT2D eigenvalue weighted by molar-refractivity contribution is 5.98. The molecule has 2 saturated heterocycles. The van der Waals surface area contributed by atoms with Crippen molar-refractivity contribution in [3.63, 3.8) is 0 Å². The third-order valence-electron chi connectivity index (χ3n) is 6.52. The smallest absolute Gasteiger partial charge is 0.252 e. The summed E-state index contributed by atoms with van der Waals surface area (Å²) in [6.07, 6.45) is 8.64. The zero-order chi connectivity index (χ0) is 21.2. The van der Waals surface area contributed by atoms with Crippen LogP contribution in [0.5, 0.6) is 0 Å². The van der Waals surface area contributed by atoms with Gasteiger partial charge in [0.25, 0.3) is 5.91 Å². The van der Waals surface area contributed by atoms with E-state index in [1.807, 2.05) is 47.5 Å². The topological polar surface area (TPSA) is 81.3 Å². The van der Waals surface area contributed by atoms with E-state index in [1.165, 1.54) is 0 Å². The summed E-state index contributed by atoms with van der Waals surface area (Å²) < 4.78 is 0. The number of anilines is 1. The molecule has 2 aliphatic heterocycles. The van der Waals surface area contributed by atoms with Crippen molar-refractivity contribution < 1.29 is 9.59 Å². The Hall–Kier alpha value is -2.77. The van der Waals surface area contributed by atoms with E-state index >= 15 is 0 Å². The average Bonchev–Trinajstić information content (AvgIpc) is 3.48. The second kappa shape index (κ2) is 10.9. The summed E-state index contributed by atoms with van der Waals surface area (Å²) in [6.45, 7) is 2.44. The molecule has 1 unspecified atom stereocenters. The van der Waals surface area contributed by atoms with Gasteiger partial charge in [0.15, 0.2) is 0 Å². The number of amides is 2. The molecule has 7 nitrogen and oxygen atoms in total. The summed E-state index contributed by atoms with van der Waals surface area (Å²) in [6, 6.07) is 11.6. The van der Waals surface area contributed by atoms with Gasteiger partial charge >= 0.3 is 0 Å². The number of H-pyrrole nitrogens is 1. The zero-order valence-corrected chi connectivity index (χ0v) is 19.9. The number of rotatable bonds is 4. The van der Waals surface area contributed by atoms with Crippen molar-refractivity contribution in [3.05, 3.63) is 60.6 Å². The number of likely N-dealkylation sites (tertiary alicyclic amines) is 1. The summed E-state index contributed by atoms with van der Waals surface area (Å²) >= 11 is 0. The van der Waals surface area contributed by atoms with E-state index in [0.717, 1.165) is 55.4 Å². The van der Waals surface area contributed by atoms with Crippen molar-refractivity contribution in [3.8, 4) is 0 Å². The van der Waals surface area contributed by atoms with Crippen molar-refractivity contribution in [2.75, 3.05) is 24.5 Å². The largest absolute Gasteiger partial charge is 0.371 e. The molecule has 2 fully saturated rings. The van der Waals surface area contributed by atoms with Gasteiger partial charge in [-0.3, -0.25) is 14.6 Å². The van der Waals surface area contributed by atoms with Crippen molar-refractivity contribution >= 4 is 53.2 Å². The molecule has 4 heterocycles. The van der Waals surface area contributed by atoms with Crippen LogP contribution in [0.3, 0.4) is 0 Å². The van der Waals surface area contributed by atoms with Gasteiger partial charge in [-0.05, 0) is 61.4 Å². The molecule has 2 N–H and O–H groups in total.